The first kappa shape index (κ1) is 15.3. The van der Waals surface area contributed by atoms with Gasteiger partial charge in [0.1, 0.15) is 5.82 Å². The van der Waals surface area contributed by atoms with Crippen LogP contribution in [0.2, 0.25) is 0 Å². The maximum Gasteiger partial charge on any atom is 0.129 e. The van der Waals surface area contributed by atoms with Crippen LogP contribution in [0.25, 0.3) is 0 Å². The largest absolute Gasteiger partial charge is 0.375 e. The number of ether oxygens (including phenoxy) is 1. The molecule has 1 saturated heterocycles. The first-order valence-electron chi connectivity index (χ1n) is 7.44. The fraction of sp³-hybridized carbons (Fsp3) is 0.688. The minimum absolute atomic E-state index is 0.110. The molecule has 4 nitrogen and oxygen atoms in total. The van der Waals surface area contributed by atoms with Crippen LogP contribution in [-0.2, 0) is 11.3 Å². The monoisotopic (exact) mass is 277 g/mol. The van der Waals surface area contributed by atoms with Gasteiger partial charge >= 0.3 is 0 Å². The van der Waals surface area contributed by atoms with E-state index in [1.807, 2.05) is 0 Å². The molecule has 2 rings (SSSR count). The van der Waals surface area contributed by atoms with E-state index in [-0.39, 0.29) is 11.6 Å². The number of nitrogens with zero attached hydrogens (tertiary/aromatic N) is 2. The van der Waals surface area contributed by atoms with Gasteiger partial charge in [-0.05, 0) is 46.8 Å². The van der Waals surface area contributed by atoms with Crippen molar-refractivity contribution in [1.29, 1.82) is 0 Å². The highest BCUT2D eigenvalue weighted by molar-refractivity contribution is 5.41. The molecule has 0 spiro atoms. The van der Waals surface area contributed by atoms with Crippen LogP contribution in [0.1, 0.15) is 40.3 Å². The minimum Gasteiger partial charge on any atom is -0.375 e. The van der Waals surface area contributed by atoms with Crippen molar-refractivity contribution >= 4 is 5.82 Å². The van der Waals surface area contributed by atoms with Gasteiger partial charge in [-0.3, -0.25) is 0 Å². The molecule has 1 aromatic heterocycles. The normalized spacial score (nSPS) is 23.9. The summed E-state index contributed by atoms with van der Waals surface area (Å²) in [6.45, 7) is 13.3. The van der Waals surface area contributed by atoms with E-state index in [4.69, 9.17) is 9.72 Å². The second-order valence-electron chi connectivity index (χ2n) is 6.74. The summed E-state index contributed by atoms with van der Waals surface area (Å²) in [5.74, 6) is 1.06. The molecule has 2 heterocycles. The third-order valence-electron chi connectivity index (χ3n) is 3.49. The predicted molar refractivity (Wildman–Crippen MR) is 83.1 cm³/mol. The van der Waals surface area contributed by atoms with E-state index in [9.17, 15) is 0 Å². The molecule has 0 aliphatic carbocycles. The van der Waals surface area contributed by atoms with E-state index in [0.717, 1.165) is 31.2 Å². The zero-order chi connectivity index (χ0) is 14.8. The molecular weight excluding hydrogens is 250 g/mol. The number of rotatable bonds is 3. The highest BCUT2D eigenvalue weighted by Gasteiger charge is 2.24. The number of aromatic nitrogens is 1. The lowest BCUT2D eigenvalue weighted by molar-refractivity contribution is 0.0340. The Morgan fingerprint density at radius 3 is 2.80 bits per heavy atom. The number of hydrogen-bond donors (Lipinski definition) is 1. The summed E-state index contributed by atoms with van der Waals surface area (Å²) in [5.41, 5.74) is 1.20. The van der Waals surface area contributed by atoms with Crippen LogP contribution in [-0.4, -0.2) is 35.8 Å². The average Bonchev–Trinajstić information content (AvgIpc) is 2.39. The molecule has 0 saturated carbocycles. The molecule has 4 heteroatoms. The molecule has 20 heavy (non-hydrogen) atoms. The Bertz CT molecular complexity index is 442. The molecule has 0 amide bonds. The lowest BCUT2D eigenvalue weighted by Gasteiger charge is -2.37. The predicted octanol–water partition coefficient (Wildman–Crippen LogP) is 2.58. The van der Waals surface area contributed by atoms with Gasteiger partial charge < -0.3 is 15.0 Å². The molecule has 0 bridgehead atoms. The van der Waals surface area contributed by atoms with Crippen molar-refractivity contribution in [2.24, 2.45) is 0 Å². The van der Waals surface area contributed by atoms with Crippen molar-refractivity contribution in [2.45, 2.75) is 58.8 Å². The van der Waals surface area contributed by atoms with E-state index in [0.29, 0.717) is 6.04 Å². The Morgan fingerprint density at radius 1 is 1.35 bits per heavy atom. The van der Waals surface area contributed by atoms with Crippen molar-refractivity contribution < 1.29 is 4.74 Å². The van der Waals surface area contributed by atoms with E-state index in [1.165, 1.54) is 0 Å². The summed E-state index contributed by atoms with van der Waals surface area (Å²) in [7, 11) is 0. The topological polar surface area (TPSA) is 37.4 Å². The lowest BCUT2D eigenvalue weighted by atomic mass is 10.1. The van der Waals surface area contributed by atoms with Gasteiger partial charge in [-0.15, -0.1) is 0 Å². The van der Waals surface area contributed by atoms with Gasteiger partial charge in [0.15, 0.2) is 0 Å². The lowest BCUT2D eigenvalue weighted by Crippen LogP contribution is -2.47. The zero-order valence-electron chi connectivity index (χ0n) is 13.3. The Balaban J connectivity index is 2.08. The molecule has 1 aromatic rings. The number of anilines is 1. The number of morpholine rings is 1. The van der Waals surface area contributed by atoms with Crippen LogP contribution in [0.4, 0.5) is 5.82 Å². The molecular formula is C16H27N3O. The van der Waals surface area contributed by atoms with Crippen molar-refractivity contribution in [3.63, 3.8) is 0 Å². The van der Waals surface area contributed by atoms with Crippen molar-refractivity contribution in [3.8, 4) is 0 Å². The zero-order valence-corrected chi connectivity index (χ0v) is 13.3. The number of hydrogen-bond acceptors (Lipinski definition) is 4. The molecule has 1 fully saturated rings. The van der Waals surface area contributed by atoms with Crippen LogP contribution < -0.4 is 10.2 Å². The smallest absolute Gasteiger partial charge is 0.129 e. The maximum absolute atomic E-state index is 5.68. The van der Waals surface area contributed by atoms with Gasteiger partial charge in [-0.2, -0.15) is 0 Å². The fourth-order valence-corrected chi connectivity index (χ4v) is 2.30. The third-order valence-corrected chi connectivity index (χ3v) is 3.49. The summed E-state index contributed by atoms with van der Waals surface area (Å²) in [4.78, 5) is 7.13. The molecule has 0 aromatic carbocycles. The highest BCUT2D eigenvalue weighted by atomic mass is 16.5. The first-order valence-corrected chi connectivity index (χ1v) is 7.44. The summed E-state index contributed by atoms with van der Waals surface area (Å²) in [5, 5.41) is 3.48. The van der Waals surface area contributed by atoms with E-state index in [1.54, 1.807) is 0 Å². The highest BCUT2D eigenvalue weighted by Crippen LogP contribution is 2.20. The van der Waals surface area contributed by atoms with Crippen LogP contribution in [0, 0.1) is 0 Å². The Morgan fingerprint density at radius 2 is 2.10 bits per heavy atom. The van der Waals surface area contributed by atoms with Crippen molar-refractivity contribution in [1.82, 2.24) is 10.3 Å². The molecule has 0 radical (unpaired) electrons. The second-order valence-corrected chi connectivity index (χ2v) is 6.74. The number of nitrogens with one attached hydrogen (secondary N) is 1. The van der Waals surface area contributed by atoms with Gasteiger partial charge in [-0.1, -0.05) is 6.07 Å². The van der Waals surface area contributed by atoms with E-state index in [2.05, 4.69) is 63.0 Å². The van der Waals surface area contributed by atoms with Gasteiger partial charge in [0, 0.05) is 18.6 Å². The molecule has 1 aliphatic heterocycles. The second kappa shape index (κ2) is 6.10. The molecule has 112 valence electrons. The average molecular weight is 277 g/mol. The summed E-state index contributed by atoms with van der Waals surface area (Å²) < 4.78 is 5.68. The molecule has 1 N–H and O–H groups in total. The van der Waals surface area contributed by atoms with Crippen molar-refractivity contribution in [3.05, 3.63) is 23.9 Å². The van der Waals surface area contributed by atoms with Crippen LogP contribution >= 0.6 is 0 Å². The summed E-state index contributed by atoms with van der Waals surface area (Å²) in [6.07, 6.45) is 0.268. The third kappa shape index (κ3) is 4.18. The van der Waals surface area contributed by atoms with Crippen LogP contribution in [0.5, 0.6) is 0 Å². The van der Waals surface area contributed by atoms with Crippen molar-refractivity contribution in [2.75, 3.05) is 18.1 Å². The molecule has 1 aliphatic rings. The first-order chi connectivity index (χ1) is 9.35. The summed E-state index contributed by atoms with van der Waals surface area (Å²) in [6, 6.07) is 6.64. The SMILES string of the molecule is CC1CN(c2cccc(CNC(C)(C)C)n2)C(C)CO1. The molecule has 2 atom stereocenters. The van der Waals surface area contributed by atoms with Crippen LogP contribution in [0.3, 0.4) is 0 Å². The van der Waals surface area contributed by atoms with E-state index >= 15 is 0 Å². The Labute approximate surface area is 122 Å². The van der Waals surface area contributed by atoms with Gasteiger partial charge in [0.05, 0.1) is 24.4 Å². The Kier molecular flexibility index (Phi) is 4.66. The Hall–Kier alpha value is -1.13. The van der Waals surface area contributed by atoms with Crippen LogP contribution in [0.15, 0.2) is 18.2 Å². The standard InChI is InChI=1S/C16H27N3O/c1-12-11-20-13(2)10-19(12)15-8-6-7-14(18-15)9-17-16(3,4)5/h6-8,12-13,17H,9-11H2,1-5H3. The van der Waals surface area contributed by atoms with Gasteiger partial charge in [0.25, 0.3) is 0 Å². The molecule has 2 unspecified atom stereocenters. The van der Waals surface area contributed by atoms with Gasteiger partial charge in [-0.25, -0.2) is 4.98 Å². The van der Waals surface area contributed by atoms with Gasteiger partial charge in [0.2, 0.25) is 0 Å². The minimum atomic E-state index is 0.110. The van der Waals surface area contributed by atoms with E-state index < -0.39 is 0 Å². The quantitative estimate of drug-likeness (QED) is 0.921. The number of pyridine rings is 1. The fourth-order valence-electron chi connectivity index (χ4n) is 2.30. The summed E-state index contributed by atoms with van der Waals surface area (Å²) >= 11 is 0. The maximum atomic E-state index is 5.68.